The molecule has 0 unspecified atom stereocenters. The third kappa shape index (κ3) is 6.20. The monoisotopic (exact) mass is 539 g/mol. The first-order chi connectivity index (χ1) is 18.6. The Hall–Kier alpha value is -4.81. The molecule has 0 aliphatic carbocycles. The minimum Gasteiger partial charge on any atom is -0.342 e. The van der Waals surface area contributed by atoms with E-state index in [1.54, 1.807) is 17.0 Å². The molecule has 0 spiro atoms. The summed E-state index contributed by atoms with van der Waals surface area (Å²) in [4.78, 5) is 46.9. The second-order valence-electron chi connectivity index (χ2n) is 8.37. The van der Waals surface area contributed by atoms with Crippen LogP contribution in [0, 0.1) is 0 Å². The summed E-state index contributed by atoms with van der Waals surface area (Å²) in [5.41, 5.74) is -0.818. The molecular formula is C26H24F3N7O3. The van der Waals surface area contributed by atoms with Crippen molar-refractivity contribution in [3.8, 4) is 16.9 Å². The van der Waals surface area contributed by atoms with Gasteiger partial charge in [-0.2, -0.15) is 18.3 Å². The SMILES string of the molecule is CCN(CC)C(=O)Cn1cc(C(=O)Nc2ccc(-n3nc(-c4cccnc4)cc3C(F)(F)F)cn2)ccc1=O. The van der Waals surface area contributed by atoms with Gasteiger partial charge in [-0.05, 0) is 50.2 Å². The molecule has 0 aromatic carbocycles. The van der Waals surface area contributed by atoms with Gasteiger partial charge in [0.15, 0.2) is 0 Å². The van der Waals surface area contributed by atoms with E-state index in [1.807, 2.05) is 13.8 Å². The number of nitrogens with zero attached hydrogens (tertiary/aromatic N) is 6. The van der Waals surface area contributed by atoms with Crippen molar-refractivity contribution in [3.05, 3.63) is 88.9 Å². The van der Waals surface area contributed by atoms with Gasteiger partial charge in [0.1, 0.15) is 18.1 Å². The lowest BCUT2D eigenvalue weighted by Gasteiger charge is -2.19. The van der Waals surface area contributed by atoms with E-state index in [-0.39, 0.29) is 35.2 Å². The number of carbonyl (C=O) groups is 2. The van der Waals surface area contributed by atoms with E-state index in [2.05, 4.69) is 20.4 Å². The van der Waals surface area contributed by atoms with E-state index in [9.17, 15) is 27.6 Å². The fraction of sp³-hybridized carbons (Fsp3) is 0.231. The standard InChI is InChI=1S/C26H24F3N7O3/c1-3-34(4-2)24(38)16-35-15-18(7-10-23(35)37)25(39)32-22-9-8-19(14-31-22)36-21(26(27,28)29)12-20(33-36)17-6-5-11-30-13-17/h5-15H,3-4,16H2,1-2H3,(H,31,32,39). The van der Waals surface area contributed by atoms with Crippen LogP contribution in [0.5, 0.6) is 0 Å². The molecule has 4 heterocycles. The molecule has 4 rings (SSSR count). The molecule has 0 atom stereocenters. The maximum atomic E-state index is 13.7. The summed E-state index contributed by atoms with van der Waals surface area (Å²) in [6.45, 7) is 4.39. The summed E-state index contributed by atoms with van der Waals surface area (Å²) in [7, 11) is 0. The van der Waals surface area contributed by atoms with Gasteiger partial charge in [0, 0.05) is 43.3 Å². The van der Waals surface area contributed by atoms with Crippen molar-refractivity contribution < 1.29 is 22.8 Å². The Morgan fingerprint density at radius 2 is 1.82 bits per heavy atom. The molecule has 4 aromatic heterocycles. The van der Waals surface area contributed by atoms with Crippen LogP contribution < -0.4 is 10.9 Å². The van der Waals surface area contributed by atoms with Crippen LogP contribution >= 0.6 is 0 Å². The highest BCUT2D eigenvalue weighted by Gasteiger charge is 2.36. The fourth-order valence-corrected chi connectivity index (χ4v) is 3.82. The van der Waals surface area contributed by atoms with Crippen LogP contribution in [0.1, 0.15) is 29.9 Å². The van der Waals surface area contributed by atoms with E-state index >= 15 is 0 Å². The van der Waals surface area contributed by atoms with E-state index in [4.69, 9.17) is 0 Å². The van der Waals surface area contributed by atoms with Gasteiger partial charge in [0.25, 0.3) is 11.5 Å². The predicted molar refractivity (Wildman–Crippen MR) is 136 cm³/mol. The van der Waals surface area contributed by atoms with E-state index in [0.29, 0.717) is 18.7 Å². The zero-order chi connectivity index (χ0) is 28.2. The molecule has 0 saturated heterocycles. The zero-order valence-corrected chi connectivity index (χ0v) is 21.0. The third-order valence-electron chi connectivity index (χ3n) is 5.86. The summed E-state index contributed by atoms with van der Waals surface area (Å²) in [6.07, 6.45) is 0.645. The first-order valence-corrected chi connectivity index (χ1v) is 11.9. The van der Waals surface area contributed by atoms with Crippen LogP contribution in [0.25, 0.3) is 16.9 Å². The number of likely N-dealkylation sites (N-methyl/N-ethyl adjacent to an activating group) is 1. The molecule has 1 N–H and O–H groups in total. The van der Waals surface area contributed by atoms with Gasteiger partial charge in [-0.15, -0.1) is 0 Å². The van der Waals surface area contributed by atoms with Crippen LogP contribution in [0.4, 0.5) is 19.0 Å². The minimum atomic E-state index is -4.68. The summed E-state index contributed by atoms with van der Waals surface area (Å²) in [5.74, 6) is -0.817. The number of nitrogens with one attached hydrogen (secondary N) is 1. The van der Waals surface area contributed by atoms with Crippen molar-refractivity contribution in [1.82, 2.24) is 29.2 Å². The molecule has 39 heavy (non-hydrogen) atoms. The van der Waals surface area contributed by atoms with Gasteiger partial charge in [-0.25, -0.2) is 9.67 Å². The molecule has 10 nitrogen and oxygen atoms in total. The molecule has 4 aromatic rings. The van der Waals surface area contributed by atoms with Crippen molar-refractivity contribution in [2.75, 3.05) is 18.4 Å². The second kappa shape index (κ2) is 11.3. The van der Waals surface area contributed by atoms with Crippen LogP contribution in [-0.4, -0.2) is 54.1 Å². The number of pyridine rings is 3. The van der Waals surface area contributed by atoms with Gasteiger partial charge in [0.2, 0.25) is 5.91 Å². The lowest BCUT2D eigenvalue weighted by molar-refractivity contribution is -0.142. The highest BCUT2D eigenvalue weighted by molar-refractivity contribution is 6.03. The highest BCUT2D eigenvalue weighted by atomic mass is 19.4. The van der Waals surface area contributed by atoms with Crippen molar-refractivity contribution >= 4 is 17.6 Å². The molecule has 0 bridgehead atoms. The highest BCUT2D eigenvalue weighted by Crippen LogP contribution is 2.34. The summed E-state index contributed by atoms with van der Waals surface area (Å²) >= 11 is 0. The Labute approximate surface area is 220 Å². The number of hydrogen-bond donors (Lipinski definition) is 1. The van der Waals surface area contributed by atoms with Crippen molar-refractivity contribution in [2.24, 2.45) is 0 Å². The lowest BCUT2D eigenvalue weighted by atomic mass is 10.2. The number of anilines is 1. The Morgan fingerprint density at radius 1 is 1.05 bits per heavy atom. The van der Waals surface area contributed by atoms with Crippen molar-refractivity contribution in [1.29, 1.82) is 0 Å². The lowest BCUT2D eigenvalue weighted by Crippen LogP contribution is -2.36. The third-order valence-corrected chi connectivity index (χ3v) is 5.86. The molecular weight excluding hydrogens is 515 g/mol. The Morgan fingerprint density at radius 3 is 2.44 bits per heavy atom. The van der Waals surface area contributed by atoms with Crippen LogP contribution in [-0.2, 0) is 17.5 Å². The molecule has 0 fully saturated rings. The van der Waals surface area contributed by atoms with Crippen LogP contribution in [0.15, 0.2) is 72.0 Å². The van der Waals surface area contributed by atoms with E-state index in [1.165, 1.54) is 42.9 Å². The smallest absolute Gasteiger partial charge is 0.342 e. The van der Waals surface area contributed by atoms with Crippen LogP contribution in [0.3, 0.4) is 0 Å². The minimum absolute atomic E-state index is 0.0268. The zero-order valence-electron chi connectivity index (χ0n) is 21.0. The average molecular weight is 540 g/mol. The molecule has 0 aliphatic rings. The second-order valence-corrected chi connectivity index (χ2v) is 8.37. The number of halogens is 3. The fourth-order valence-electron chi connectivity index (χ4n) is 3.82. The van der Waals surface area contributed by atoms with Crippen molar-refractivity contribution in [3.63, 3.8) is 0 Å². The first-order valence-electron chi connectivity index (χ1n) is 11.9. The number of rotatable bonds is 8. The summed E-state index contributed by atoms with van der Waals surface area (Å²) in [6, 6.07) is 9.27. The van der Waals surface area contributed by atoms with Gasteiger partial charge in [0.05, 0.1) is 23.1 Å². The first kappa shape index (κ1) is 27.2. The molecule has 0 saturated carbocycles. The number of aromatic nitrogens is 5. The van der Waals surface area contributed by atoms with Gasteiger partial charge >= 0.3 is 6.18 Å². The predicted octanol–water partition coefficient (Wildman–Crippen LogP) is 3.63. The Balaban J connectivity index is 1.54. The quantitative estimate of drug-likeness (QED) is 0.366. The average Bonchev–Trinajstić information content (AvgIpc) is 3.38. The number of amides is 2. The van der Waals surface area contributed by atoms with Gasteiger partial charge in [-0.3, -0.25) is 19.4 Å². The molecule has 0 aliphatic heterocycles. The number of hydrogen-bond acceptors (Lipinski definition) is 6. The number of alkyl halides is 3. The van der Waals surface area contributed by atoms with Crippen LogP contribution in [0.2, 0.25) is 0 Å². The normalized spacial score (nSPS) is 11.3. The number of carbonyl (C=O) groups excluding carboxylic acids is 2. The molecule has 2 amide bonds. The van der Waals surface area contributed by atoms with Gasteiger partial charge in [-0.1, -0.05) is 0 Å². The summed E-state index contributed by atoms with van der Waals surface area (Å²) < 4.78 is 43.0. The topological polar surface area (TPSA) is 115 Å². The Kier molecular flexibility index (Phi) is 7.88. The Bertz CT molecular complexity index is 1530. The van der Waals surface area contributed by atoms with Gasteiger partial charge < -0.3 is 14.8 Å². The molecule has 13 heteroatoms. The van der Waals surface area contributed by atoms with E-state index in [0.717, 1.165) is 21.5 Å². The van der Waals surface area contributed by atoms with Crippen molar-refractivity contribution in [2.45, 2.75) is 26.6 Å². The maximum absolute atomic E-state index is 13.7. The molecule has 202 valence electrons. The van der Waals surface area contributed by atoms with E-state index < -0.39 is 23.3 Å². The molecule has 0 radical (unpaired) electrons. The summed E-state index contributed by atoms with van der Waals surface area (Å²) in [5, 5.41) is 6.62. The largest absolute Gasteiger partial charge is 0.433 e. The maximum Gasteiger partial charge on any atom is 0.433 e.